The van der Waals surface area contributed by atoms with Crippen LogP contribution in [0, 0.1) is 5.82 Å². The van der Waals surface area contributed by atoms with Crippen molar-refractivity contribution in [2.45, 2.75) is 4.90 Å². The second kappa shape index (κ2) is 6.75. The number of hydrogen-bond acceptors (Lipinski definition) is 5. The molecule has 0 bridgehead atoms. The van der Waals surface area contributed by atoms with Crippen LogP contribution in [0.15, 0.2) is 37.6 Å². The van der Waals surface area contributed by atoms with Gasteiger partial charge in [0.1, 0.15) is 10.7 Å². The van der Waals surface area contributed by atoms with Crippen LogP contribution in [0.5, 0.6) is 0 Å². The molecule has 2 aromatic rings. The number of hydrogen-bond donors (Lipinski definition) is 0. The lowest BCUT2D eigenvalue weighted by Gasteiger charge is -2.34. The smallest absolute Gasteiger partial charge is 0.245 e. The number of benzene rings is 1. The normalized spacial score (nSPS) is 16.7. The predicted molar refractivity (Wildman–Crippen MR) is 94.9 cm³/mol. The largest absolute Gasteiger partial charge is 0.345 e. The van der Waals surface area contributed by atoms with Crippen LogP contribution >= 0.6 is 43.2 Å². The molecule has 124 valence electrons. The van der Waals surface area contributed by atoms with E-state index in [1.54, 1.807) is 6.20 Å². The molecule has 10 heteroatoms. The molecule has 23 heavy (non-hydrogen) atoms. The van der Waals surface area contributed by atoms with Gasteiger partial charge in [0, 0.05) is 46.7 Å². The van der Waals surface area contributed by atoms with Crippen molar-refractivity contribution in [2.24, 2.45) is 0 Å². The molecule has 0 atom stereocenters. The van der Waals surface area contributed by atoms with Crippen molar-refractivity contribution in [3.63, 3.8) is 0 Å². The molecule has 0 unspecified atom stereocenters. The zero-order valence-corrected chi connectivity index (χ0v) is 16.6. The van der Waals surface area contributed by atoms with E-state index in [0.717, 1.165) is 17.3 Å². The summed E-state index contributed by atoms with van der Waals surface area (Å²) in [5.41, 5.74) is 0. The van der Waals surface area contributed by atoms with Gasteiger partial charge in [0.2, 0.25) is 10.0 Å². The zero-order valence-electron chi connectivity index (χ0n) is 11.7. The van der Waals surface area contributed by atoms with Gasteiger partial charge in [-0.3, -0.25) is 0 Å². The van der Waals surface area contributed by atoms with Gasteiger partial charge in [-0.2, -0.15) is 4.31 Å². The molecule has 0 N–H and O–H groups in total. The van der Waals surface area contributed by atoms with Gasteiger partial charge in [0.05, 0.1) is 0 Å². The summed E-state index contributed by atoms with van der Waals surface area (Å²) < 4.78 is 40.9. The van der Waals surface area contributed by atoms with Gasteiger partial charge in [0.15, 0.2) is 5.13 Å². The molecule has 1 aliphatic heterocycles. The van der Waals surface area contributed by atoms with Crippen molar-refractivity contribution in [3.05, 3.63) is 38.5 Å². The van der Waals surface area contributed by atoms with Crippen molar-refractivity contribution >= 4 is 58.4 Å². The highest BCUT2D eigenvalue weighted by atomic mass is 79.9. The third-order valence-electron chi connectivity index (χ3n) is 3.49. The fraction of sp³-hybridized carbons (Fsp3) is 0.308. The molecule has 0 radical (unpaired) electrons. The Labute approximate surface area is 154 Å². The van der Waals surface area contributed by atoms with Gasteiger partial charge in [0.25, 0.3) is 0 Å². The first-order valence-electron chi connectivity index (χ1n) is 6.69. The van der Waals surface area contributed by atoms with Crippen LogP contribution in [-0.2, 0) is 10.0 Å². The first-order chi connectivity index (χ1) is 10.9. The van der Waals surface area contributed by atoms with Crippen LogP contribution < -0.4 is 4.90 Å². The fourth-order valence-electron chi connectivity index (χ4n) is 2.40. The van der Waals surface area contributed by atoms with E-state index < -0.39 is 15.8 Å². The van der Waals surface area contributed by atoms with E-state index in [0.29, 0.717) is 26.2 Å². The summed E-state index contributed by atoms with van der Waals surface area (Å²) in [4.78, 5) is 6.36. The van der Waals surface area contributed by atoms with E-state index in [4.69, 9.17) is 0 Å². The van der Waals surface area contributed by atoms with Crippen LogP contribution in [0.2, 0.25) is 0 Å². The Morgan fingerprint density at radius 3 is 2.26 bits per heavy atom. The van der Waals surface area contributed by atoms with Crippen LogP contribution in [0.1, 0.15) is 0 Å². The van der Waals surface area contributed by atoms with Gasteiger partial charge < -0.3 is 4.90 Å². The third kappa shape index (κ3) is 3.46. The Morgan fingerprint density at radius 2 is 1.74 bits per heavy atom. The van der Waals surface area contributed by atoms with Gasteiger partial charge in [-0.1, -0.05) is 0 Å². The minimum Gasteiger partial charge on any atom is -0.345 e. The molecule has 0 saturated carbocycles. The molecule has 1 aromatic heterocycles. The summed E-state index contributed by atoms with van der Waals surface area (Å²) in [5.74, 6) is -0.503. The molecule has 1 saturated heterocycles. The molecule has 1 aliphatic rings. The topological polar surface area (TPSA) is 53.5 Å². The maximum Gasteiger partial charge on any atom is 0.245 e. The van der Waals surface area contributed by atoms with Gasteiger partial charge >= 0.3 is 0 Å². The summed E-state index contributed by atoms with van der Waals surface area (Å²) in [5, 5.41) is 2.79. The Bertz CT molecular complexity index is 784. The molecule has 3 rings (SSSR count). The Hall–Kier alpha value is -0.550. The van der Waals surface area contributed by atoms with E-state index in [1.807, 2.05) is 5.38 Å². The lowest BCUT2D eigenvalue weighted by Crippen LogP contribution is -2.48. The van der Waals surface area contributed by atoms with E-state index >= 15 is 0 Å². The van der Waals surface area contributed by atoms with Crippen molar-refractivity contribution < 1.29 is 12.8 Å². The van der Waals surface area contributed by atoms with E-state index in [2.05, 4.69) is 41.7 Å². The van der Waals surface area contributed by atoms with Crippen molar-refractivity contribution in [1.29, 1.82) is 0 Å². The third-order valence-corrected chi connectivity index (χ3v) is 8.10. The number of sulfonamides is 1. The SMILES string of the molecule is O=S(=O)(c1c(Br)cc(F)cc1Br)N1CCN(c2nccs2)CC1. The second-order valence-electron chi connectivity index (χ2n) is 4.90. The summed E-state index contributed by atoms with van der Waals surface area (Å²) in [6.07, 6.45) is 1.73. The minimum absolute atomic E-state index is 0.0570. The second-order valence-corrected chi connectivity index (χ2v) is 9.36. The number of rotatable bonds is 3. The van der Waals surface area contributed by atoms with Crippen molar-refractivity contribution in [2.75, 3.05) is 31.1 Å². The van der Waals surface area contributed by atoms with Crippen LogP contribution in [0.4, 0.5) is 9.52 Å². The standard InChI is InChI=1S/C13H12Br2FN3O2S2/c14-10-7-9(16)8-11(15)12(10)23(20,21)19-4-2-18(3-5-19)13-17-1-6-22-13/h1,6-8H,2-5H2. The minimum atomic E-state index is -3.70. The maximum absolute atomic E-state index is 13.4. The van der Waals surface area contributed by atoms with E-state index in [9.17, 15) is 12.8 Å². The number of nitrogens with zero attached hydrogens (tertiary/aromatic N) is 3. The predicted octanol–water partition coefficient (Wildman–Crippen LogP) is 3.32. The Morgan fingerprint density at radius 1 is 1.13 bits per heavy atom. The van der Waals surface area contributed by atoms with E-state index in [1.165, 1.54) is 15.6 Å². The molecule has 1 fully saturated rings. The lowest BCUT2D eigenvalue weighted by atomic mass is 10.3. The first-order valence-corrected chi connectivity index (χ1v) is 10.6. The number of piperazine rings is 1. The molecular formula is C13H12Br2FN3O2S2. The number of aromatic nitrogens is 1. The van der Waals surface area contributed by atoms with Crippen molar-refractivity contribution in [1.82, 2.24) is 9.29 Å². The Kier molecular flexibility index (Phi) is 5.07. The molecule has 1 aromatic carbocycles. The highest BCUT2D eigenvalue weighted by molar-refractivity contribution is 9.11. The maximum atomic E-state index is 13.4. The van der Waals surface area contributed by atoms with Crippen LogP contribution in [-0.4, -0.2) is 43.9 Å². The summed E-state index contributed by atoms with van der Waals surface area (Å²) in [7, 11) is -3.70. The highest BCUT2D eigenvalue weighted by Crippen LogP contribution is 2.34. The molecule has 0 aliphatic carbocycles. The van der Waals surface area contributed by atoms with Gasteiger partial charge in [-0.15, -0.1) is 11.3 Å². The molecular weight excluding hydrogens is 473 g/mol. The Balaban J connectivity index is 1.82. The highest BCUT2D eigenvalue weighted by Gasteiger charge is 2.32. The van der Waals surface area contributed by atoms with E-state index in [-0.39, 0.29) is 13.8 Å². The molecule has 0 spiro atoms. The van der Waals surface area contributed by atoms with Gasteiger partial charge in [-0.25, -0.2) is 17.8 Å². The lowest BCUT2D eigenvalue weighted by molar-refractivity contribution is 0.384. The monoisotopic (exact) mass is 483 g/mol. The first kappa shape index (κ1) is 17.3. The average Bonchev–Trinajstić information content (AvgIpc) is 3.00. The van der Waals surface area contributed by atoms with Gasteiger partial charge in [-0.05, 0) is 44.0 Å². The summed E-state index contributed by atoms with van der Waals surface area (Å²) in [6.45, 7) is 1.86. The molecule has 0 amide bonds. The fourth-order valence-corrected chi connectivity index (χ4v) is 6.96. The average molecular weight is 485 g/mol. The van der Waals surface area contributed by atoms with Crippen LogP contribution in [0.25, 0.3) is 0 Å². The molecule has 5 nitrogen and oxygen atoms in total. The molecule has 2 heterocycles. The summed E-state index contributed by atoms with van der Waals surface area (Å²) >= 11 is 7.83. The number of anilines is 1. The number of thiazole rings is 1. The number of halogens is 3. The van der Waals surface area contributed by atoms with Crippen molar-refractivity contribution in [3.8, 4) is 0 Å². The quantitative estimate of drug-likeness (QED) is 0.670. The van der Waals surface area contributed by atoms with Crippen LogP contribution in [0.3, 0.4) is 0 Å². The zero-order chi connectivity index (χ0) is 16.6. The summed E-state index contributed by atoms with van der Waals surface area (Å²) in [6, 6.07) is 2.31.